The monoisotopic (exact) mass is 264 g/mol. The van der Waals surface area contributed by atoms with Gasteiger partial charge >= 0.3 is 0 Å². The van der Waals surface area contributed by atoms with Gasteiger partial charge in [-0.3, -0.25) is 4.79 Å². The fourth-order valence-electron chi connectivity index (χ4n) is 2.51. The van der Waals surface area contributed by atoms with Crippen molar-refractivity contribution < 1.29 is 9.90 Å². The number of carbonyl (C=O) groups excluding carboxylic acids is 1. The summed E-state index contributed by atoms with van der Waals surface area (Å²) in [5.41, 5.74) is 2.70. The van der Waals surface area contributed by atoms with Gasteiger partial charge in [-0.15, -0.1) is 0 Å². The van der Waals surface area contributed by atoms with E-state index in [1.807, 2.05) is 30.0 Å². The van der Waals surface area contributed by atoms with Gasteiger partial charge in [-0.05, 0) is 12.1 Å². The van der Waals surface area contributed by atoms with Crippen LogP contribution in [0, 0.1) is 0 Å². The number of anilines is 2. The summed E-state index contributed by atoms with van der Waals surface area (Å²) in [5, 5.41) is 9.81. The van der Waals surface area contributed by atoms with Crippen LogP contribution in [-0.4, -0.2) is 42.7 Å². The third-order valence-electron chi connectivity index (χ3n) is 3.61. The molecule has 1 amide bonds. The molecule has 0 saturated carbocycles. The maximum absolute atomic E-state index is 11.7. The zero-order valence-electron chi connectivity index (χ0n) is 10.3. The van der Waals surface area contributed by atoms with Crippen LogP contribution in [0.15, 0.2) is 18.2 Å². The summed E-state index contributed by atoms with van der Waals surface area (Å²) < 4.78 is 0. The van der Waals surface area contributed by atoms with Crippen molar-refractivity contribution in [2.24, 2.45) is 0 Å². The van der Waals surface area contributed by atoms with E-state index in [2.05, 4.69) is 4.90 Å². The van der Waals surface area contributed by atoms with Crippen molar-refractivity contribution in [3.8, 4) is 0 Å². The van der Waals surface area contributed by atoms with E-state index in [1.165, 1.54) is 0 Å². The van der Waals surface area contributed by atoms with Crippen LogP contribution in [0.25, 0.3) is 0 Å². The van der Waals surface area contributed by atoms with E-state index in [-0.39, 0.29) is 5.91 Å². The van der Waals surface area contributed by atoms with Crippen LogP contribution >= 0.6 is 11.8 Å². The van der Waals surface area contributed by atoms with Gasteiger partial charge in [0, 0.05) is 42.9 Å². The molecule has 2 aliphatic rings. The topological polar surface area (TPSA) is 43.8 Å². The number of likely N-dealkylation sites (N-methyl/N-ethyl adjacent to an activating group) is 1. The second kappa shape index (κ2) is 4.48. The van der Waals surface area contributed by atoms with E-state index in [0.717, 1.165) is 41.5 Å². The number of benzene rings is 1. The maximum Gasteiger partial charge on any atom is 0.260 e. The molecule has 1 aromatic carbocycles. The predicted molar refractivity (Wildman–Crippen MR) is 74.3 cm³/mol. The quantitative estimate of drug-likeness (QED) is 0.829. The molecule has 0 bridgehead atoms. The number of amides is 1. The maximum atomic E-state index is 11.7. The lowest BCUT2D eigenvalue weighted by molar-refractivity contribution is -0.125. The number of aliphatic hydroxyl groups is 1. The number of fused-ring (bicyclic) bond motifs is 1. The van der Waals surface area contributed by atoms with Crippen molar-refractivity contribution in [3.05, 3.63) is 23.8 Å². The fraction of sp³-hybridized carbons (Fsp3) is 0.462. The number of hydrogen-bond donors (Lipinski definition) is 1. The third kappa shape index (κ3) is 1.78. The molecule has 1 N–H and O–H groups in total. The number of hydrogen-bond acceptors (Lipinski definition) is 4. The molecule has 2 aliphatic heterocycles. The van der Waals surface area contributed by atoms with Crippen LogP contribution in [0.3, 0.4) is 0 Å². The van der Waals surface area contributed by atoms with Gasteiger partial charge in [0.15, 0.2) is 6.10 Å². The molecule has 0 aliphatic carbocycles. The van der Waals surface area contributed by atoms with Crippen LogP contribution in [0.2, 0.25) is 0 Å². The Morgan fingerprint density at radius 3 is 2.78 bits per heavy atom. The first-order chi connectivity index (χ1) is 8.68. The van der Waals surface area contributed by atoms with Gasteiger partial charge in [0.2, 0.25) is 0 Å². The van der Waals surface area contributed by atoms with Gasteiger partial charge in [0.25, 0.3) is 5.91 Å². The number of thioether (sulfide) groups is 1. The molecule has 2 heterocycles. The van der Waals surface area contributed by atoms with Crippen molar-refractivity contribution in [3.63, 3.8) is 0 Å². The van der Waals surface area contributed by atoms with Crippen molar-refractivity contribution in [2.75, 3.05) is 41.4 Å². The average Bonchev–Trinajstić information content (AvgIpc) is 2.65. The third-order valence-corrected chi connectivity index (χ3v) is 4.55. The Labute approximate surface area is 111 Å². The Hall–Kier alpha value is -1.20. The van der Waals surface area contributed by atoms with Crippen molar-refractivity contribution in [2.45, 2.75) is 6.10 Å². The highest BCUT2D eigenvalue weighted by Gasteiger charge is 2.33. The van der Waals surface area contributed by atoms with E-state index in [1.54, 1.807) is 11.9 Å². The second-order valence-corrected chi connectivity index (χ2v) is 5.87. The molecule has 4 nitrogen and oxygen atoms in total. The molecule has 5 heteroatoms. The smallest absolute Gasteiger partial charge is 0.260 e. The van der Waals surface area contributed by atoms with Crippen LogP contribution in [0.4, 0.5) is 11.4 Å². The first-order valence-electron chi connectivity index (χ1n) is 6.11. The lowest BCUT2D eigenvalue weighted by Gasteiger charge is -2.29. The largest absolute Gasteiger partial charge is 0.378 e. The van der Waals surface area contributed by atoms with Gasteiger partial charge in [-0.1, -0.05) is 6.07 Å². The first kappa shape index (κ1) is 11.9. The Morgan fingerprint density at radius 2 is 2.06 bits per heavy atom. The lowest BCUT2D eigenvalue weighted by atomic mass is 10.1. The Bertz CT molecular complexity index is 486. The molecule has 1 unspecified atom stereocenters. The predicted octanol–water partition coefficient (Wildman–Crippen LogP) is 1.25. The molecule has 1 atom stereocenters. The summed E-state index contributed by atoms with van der Waals surface area (Å²) in [6.07, 6.45) is -0.990. The average molecular weight is 264 g/mol. The minimum atomic E-state index is -0.990. The first-order valence-corrected chi connectivity index (χ1v) is 7.26. The zero-order valence-corrected chi connectivity index (χ0v) is 11.1. The van der Waals surface area contributed by atoms with Crippen LogP contribution < -0.4 is 9.80 Å². The molecule has 1 saturated heterocycles. The molecule has 0 spiro atoms. The van der Waals surface area contributed by atoms with Gasteiger partial charge < -0.3 is 14.9 Å². The lowest BCUT2D eigenvalue weighted by Crippen LogP contribution is -2.32. The van der Waals surface area contributed by atoms with Gasteiger partial charge in [0.05, 0.1) is 5.69 Å². The highest BCUT2D eigenvalue weighted by atomic mass is 32.2. The zero-order chi connectivity index (χ0) is 12.7. The number of aliphatic hydroxyl groups excluding tert-OH is 1. The number of nitrogens with zero attached hydrogens (tertiary/aromatic N) is 2. The van der Waals surface area contributed by atoms with Gasteiger partial charge in [-0.2, -0.15) is 11.8 Å². The minimum Gasteiger partial charge on any atom is -0.378 e. The van der Waals surface area contributed by atoms with Crippen LogP contribution in [0.5, 0.6) is 0 Å². The molecule has 3 rings (SSSR count). The van der Waals surface area contributed by atoms with Crippen LogP contribution in [0.1, 0.15) is 11.7 Å². The Morgan fingerprint density at radius 1 is 1.33 bits per heavy atom. The summed E-state index contributed by atoms with van der Waals surface area (Å²) in [6, 6.07) is 5.89. The van der Waals surface area contributed by atoms with Crippen molar-refractivity contribution in [1.29, 1.82) is 0 Å². The van der Waals surface area contributed by atoms with Gasteiger partial charge in [0.1, 0.15) is 0 Å². The SMILES string of the molecule is CN1C(=O)C(O)c2ccc(N3CCSCC3)cc21. The molecule has 1 fully saturated rings. The number of rotatable bonds is 1. The molecule has 96 valence electrons. The molecule has 1 aromatic rings. The summed E-state index contributed by atoms with van der Waals surface area (Å²) >= 11 is 1.97. The molecular formula is C13H16N2O2S. The molecular weight excluding hydrogens is 248 g/mol. The fourth-order valence-corrected chi connectivity index (χ4v) is 3.41. The summed E-state index contributed by atoms with van der Waals surface area (Å²) in [5.74, 6) is 2.06. The standard InChI is InChI=1S/C13H16N2O2S/c1-14-11-8-9(15-4-6-18-7-5-15)2-3-10(11)12(16)13(14)17/h2-3,8,12,16H,4-7H2,1H3. The van der Waals surface area contributed by atoms with E-state index in [9.17, 15) is 9.90 Å². The van der Waals surface area contributed by atoms with Crippen LogP contribution in [-0.2, 0) is 4.79 Å². The Kier molecular flexibility index (Phi) is 2.95. The molecule has 0 aromatic heterocycles. The van der Waals surface area contributed by atoms with E-state index in [4.69, 9.17) is 0 Å². The highest BCUT2D eigenvalue weighted by molar-refractivity contribution is 7.99. The summed E-state index contributed by atoms with van der Waals surface area (Å²) in [4.78, 5) is 15.6. The van der Waals surface area contributed by atoms with E-state index >= 15 is 0 Å². The Balaban J connectivity index is 1.94. The van der Waals surface area contributed by atoms with Crippen molar-refractivity contribution >= 4 is 29.0 Å². The van der Waals surface area contributed by atoms with Gasteiger partial charge in [-0.25, -0.2) is 0 Å². The molecule has 18 heavy (non-hydrogen) atoms. The van der Waals surface area contributed by atoms with E-state index in [0.29, 0.717) is 0 Å². The van der Waals surface area contributed by atoms with E-state index < -0.39 is 6.10 Å². The number of carbonyl (C=O) groups is 1. The normalized spacial score (nSPS) is 23.4. The second-order valence-electron chi connectivity index (χ2n) is 4.64. The summed E-state index contributed by atoms with van der Waals surface area (Å²) in [6.45, 7) is 2.09. The highest BCUT2D eigenvalue weighted by Crippen LogP contribution is 2.37. The van der Waals surface area contributed by atoms with Crippen molar-refractivity contribution in [1.82, 2.24) is 0 Å². The summed E-state index contributed by atoms with van der Waals surface area (Å²) in [7, 11) is 1.72. The molecule has 0 radical (unpaired) electrons. The minimum absolute atomic E-state index is 0.239.